The number of rotatable bonds is 6. The van der Waals surface area contributed by atoms with Gasteiger partial charge in [0.2, 0.25) is 0 Å². The molecular formula is C12H17BN2O3. The van der Waals surface area contributed by atoms with Crippen LogP contribution in [0.3, 0.4) is 0 Å². The van der Waals surface area contributed by atoms with Crippen molar-refractivity contribution in [2.45, 2.75) is 32.1 Å². The molecule has 96 valence electrons. The molecule has 0 radical (unpaired) electrons. The van der Waals surface area contributed by atoms with Gasteiger partial charge in [0, 0.05) is 6.54 Å². The van der Waals surface area contributed by atoms with Crippen LogP contribution in [0.1, 0.15) is 19.3 Å². The third kappa shape index (κ3) is 3.03. The molecule has 0 spiro atoms. The van der Waals surface area contributed by atoms with Crippen LogP contribution in [0.15, 0.2) is 24.5 Å². The molecule has 0 aliphatic rings. The van der Waals surface area contributed by atoms with Crippen molar-refractivity contribution >= 4 is 18.2 Å². The molecule has 1 aromatic carbocycles. The van der Waals surface area contributed by atoms with E-state index in [1.165, 1.54) is 0 Å². The molecule has 0 bridgehead atoms. The number of hydrogen-bond donors (Lipinski definition) is 3. The summed E-state index contributed by atoms with van der Waals surface area (Å²) >= 11 is 0. The molecule has 2 aromatic rings. The standard InChI is InChI=1S/C12H17BN2O3/c16-11-6-4-5-10-12(11)14-9-15(10)8-3-1-2-7-13(17)18/h4-6,9,16-18H,1-3,7-8H2. The molecule has 1 aromatic heterocycles. The van der Waals surface area contributed by atoms with E-state index in [1.807, 2.05) is 10.6 Å². The molecule has 0 atom stereocenters. The molecular weight excluding hydrogens is 231 g/mol. The Morgan fingerprint density at radius 1 is 1.17 bits per heavy atom. The van der Waals surface area contributed by atoms with E-state index in [0.717, 1.165) is 31.3 Å². The van der Waals surface area contributed by atoms with Crippen molar-refractivity contribution in [1.82, 2.24) is 9.55 Å². The summed E-state index contributed by atoms with van der Waals surface area (Å²) in [6, 6.07) is 5.36. The maximum absolute atomic E-state index is 9.62. The number of para-hydroxylation sites is 1. The Labute approximate surface area is 106 Å². The van der Waals surface area contributed by atoms with Crippen LogP contribution in [0.5, 0.6) is 5.75 Å². The summed E-state index contributed by atoms with van der Waals surface area (Å²) in [5.41, 5.74) is 1.56. The van der Waals surface area contributed by atoms with Crippen molar-refractivity contribution in [3.63, 3.8) is 0 Å². The van der Waals surface area contributed by atoms with Crippen molar-refractivity contribution in [1.29, 1.82) is 0 Å². The first-order valence-corrected chi connectivity index (χ1v) is 6.17. The van der Waals surface area contributed by atoms with Crippen molar-refractivity contribution in [2.24, 2.45) is 0 Å². The molecule has 0 aliphatic heterocycles. The predicted octanol–water partition coefficient (Wildman–Crippen LogP) is 1.39. The van der Waals surface area contributed by atoms with Crippen molar-refractivity contribution in [3.05, 3.63) is 24.5 Å². The van der Waals surface area contributed by atoms with Crippen LogP contribution in [0, 0.1) is 0 Å². The largest absolute Gasteiger partial charge is 0.506 e. The average molecular weight is 248 g/mol. The second kappa shape index (κ2) is 5.88. The van der Waals surface area contributed by atoms with Crippen molar-refractivity contribution in [3.8, 4) is 5.75 Å². The zero-order valence-electron chi connectivity index (χ0n) is 10.2. The molecule has 18 heavy (non-hydrogen) atoms. The molecule has 0 amide bonds. The molecule has 0 saturated carbocycles. The number of imidazole rings is 1. The lowest BCUT2D eigenvalue weighted by Gasteiger charge is -2.04. The highest BCUT2D eigenvalue weighted by Crippen LogP contribution is 2.22. The fourth-order valence-electron chi connectivity index (χ4n) is 2.04. The Morgan fingerprint density at radius 3 is 2.78 bits per heavy atom. The van der Waals surface area contributed by atoms with E-state index in [1.54, 1.807) is 18.5 Å². The fourth-order valence-corrected chi connectivity index (χ4v) is 2.04. The molecule has 3 N–H and O–H groups in total. The predicted molar refractivity (Wildman–Crippen MR) is 70.2 cm³/mol. The summed E-state index contributed by atoms with van der Waals surface area (Å²) in [4.78, 5) is 4.18. The van der Waals surface area contributed by atoms with Crippen molar-refractivity contribution < 1.29 is 15.2 Å². The number of phenolic OH excluding ortho intramolecular Hbond substituents is 1. The Hall–Kier alpha value is -1.53. The van der Waals surface area contributed by atoms with Crippen LogP contribution in [-0.4, -0.2) is 31.8 Å². The smallest absolute Gasteiger partial charge is 0.451 e. The lowest BCUT2D eigenvalue weighted by atomic mass is 9.83. The normalized spacial score (nSPS) is 11.0. The molecule has 2 rings (SSSR count). The van der Waals surface area contributed by atoms with E-state index < -0.39 is 7.12 Å². The topological polar surface area (TPSA) is 78.5 Å². The van der Waals surface area contributed by atoms with Gasteiger partial charge in [0.1, 0.15) is 11.3 Å². The van der Waals surface area contributed by atoms with Gasteiger partial charge in [-0.1, -0.05) is 18.9 Å². The Kier molecular flexibility index (Phi) is 4.22. The minimum absolute atomic E-state index is 0.203. The van der Waals surface area contributed by atoms with Crippen molar-refractivity contribution in [2.75, 3.05) is 0 Å². The SMILES string of the molecule is OB(O)CCCCCn1cnc2c(O)cccc21. The molecule has 0 aliphatic carbocycles. The van der Waals surface area contributed by atoms with Crippen LogP contribution in [-0.2, 0) is 6.54 Å². The second-order valence-corrected chi connectivity index (χ2v) is 4.41. The van der Waals surface area contributed by atoms with E-state index >= 15 is 0 Å². The number of aryl methyl sites for hydroxylation is 1. The van der Waals surface area contributed by atoms with Crippen LogP contribution in [0.25, 0.3) is 11.0 Å². The van der Waals surface area contributed by atoms with Gasteiger partial charge in [-0.05, 0) is 24.9 Å². The third-order valence-electron chi connectivity index (χ3n) is 2.99. The van der Waals surface area contributed by atoms with Gasteiger partial charge in [-0.3, -0.25) is 0 Å². The quantitative estimate of drug-likeness (QED) is 0.533. The third-order valence-corrected chi connectivity index (χ3v) is 2.99. The van der Waals surface area contributed by atoms with Crippen LogP contribution in [0.2, 0.25) is 6.32 Å². The summed E-state index contributed by atoms with van der Waals surface area (Å²) in [5, 5.41) is 27.1. The summed E-state index contributed by atoms with van der Waals surface area (Å²) in [7, 11) is -1.20. The van der Waals surface area contributed by atoms with Crippen LogP contribution in [0.4, 0.5) is 0 Å². The number of nitrogens with zero attached hydrogens (tertiary/aromatic N) is 2. The van der Waals surface area contributed by atoms with E-state index in [4.69, 9.17) is 10.0 Å². The van der Waals surface area contributed by atoms with Crippen LogP contribution >= 0.6 is 0 Å². The summed E-state index contributed by atoms with van der Waals surface area (Å²) < 4.78 is 2.00. The molecule has 5 nitrogen and oxygen atoms in total. The van der Waals surface area contributed by atoms with Gasteiger partial charge in [-0.2, -0.15) is 0 Å². The number of phenols is 1. The van der Waals surface area contributed by atoms with Gasteiger partial charge in [-0.15, -0.1) is 0 Å². The van der Waals surface area contributed by atoms with Gasteiger partial charge in [0.15, 0.2) is 0 Å². The lowest BCUT2D eigenvalue weighted by Crippen LogP contribution is -2.09. The lowest BCUT2D eigenvalue weighted by molar-refractivity contribution is 0.401. The highest BCUT2D eigenvalue weighted by molar-refractivity contribution is 6.40. The number of hydrogen-bond acceptors (Lipinski definition) is 4. The van der Waals surface area contributed by atoms with Gasteiger partial charge in [-0.25, -0.2) is 4.98 Å². The number of aromatic nitrogens is 2. The molecule has 6 heteroatoms. The zero-order chi connectivity index (χ0) is 13.0. The first kappa shape index (κ1) is 12.9. The first-order valence-electron chi connectivity index (χ1n) is 6.17. The van der Waals surface area contributed by atoms with E-state index in [-0.39, 0.29) is 5.75 Å². The van der Waals surface area contributed by atoms with E-state index in [0.29, 0.717) is 11.8 Å². The number of aromatic hydroxyl groups is 1. The van der Waals surface area contributed by atoms with Gasteiger partial charge in [0.25, 0.3) is 0 Å². The molecule has 0 fully saturated rings. The highest BCUT2D eigenvalue weighted by atomic mass is 16.4. The monoisotopic (exact) mass is 248 g/mol. The van der Waals surface area contributed by atoms with Gasteiger partial charge >= 0.3 is 7.12 Å². The summed E-state index contributed by atoms with van der Waals surface area (Å²) in [6.45, 7) is 0.821. The first-order chi connectivity index (χ1) is 8.68. The maximum atomic E-state index is 9.62. The average Bonchev–Trinajstić information content (AvgIpc) is 2.73. The summed E-state index contributed by atoms with van der Waals surface area (Å²) in [5.74, 6) is 0.203. The number of fused-ring (bicyclic) bond motifs is 1. The van der Waals surface area contributed by atoms with Gasteiger partial charge < -0.3 is 19.7 Å². The van der Waals surface area contributed by atoms with E-state index in [2.05, 4.69) is 4.98 Å². The minimum atomic E-state index is -1.20. The summed E-state index contributed by atoms with van der Waals surface area (Å²) in [6.07, 6.45) is 4.84. The molecule has 0 saturated heterocycles. The second-order valence-electron chi connectivity index (χ2n) is 4.41. The highest BCUT2D eigenvalue weighted by Gasteiger charge is 2.07. The maximum Gasteiger partial charge on any atom is 0.451 e. The fraction of sp³-hybridized carbons (Fsp3) is 0.417. The van der Waals surface area contributed by atoms with Gasteiger partial charge in [0.05, 0.1) is 11.8 Å². The Bertz CT molecular complexity index is 513. The Morgan fingerprint density at radius 2 is 2.00 bits per heavy atom. The number of benzene rings is 1. The minimum Gasteiger partial charge on any atom is -0.506 e. The Balaban J connectivity index is 1.90. The zero-order valence-corrected chi connectivity index (χ0v) is 10.2. The number of unbranched alkanes of at least 4 members (excludes halogenated alkanes) is 2. The molecule has 0 unspecified atom stereocenters. The molecule has 1 heterocycles. The van der Waals surface area contributed by atoms with Crippen LogP contribution < -0.4 is 0 Å². The van der Waals surface area contributed by atoms with E-state index in [9.17, 15) is 5.11 Å².